The van der Waals surface area contributed by atoms with Gasteiger partial charge in [-0.05, 0) is 37.5 Å². The lowest BCUT2D eigenvalue weighted by Gasteiger charge is -2.24. The Kier molecular flexibility index (Phi) is 4.04. The van der Waals surface area contributed by atoms with Gasteiger partial charge in [0, 0.05) is 6.54 Å². The summed E-state index contributed by atoms with van der Waals surface area (Å²) in [7, 11) is 0. The molecule has 0 saturated carbocycles. The van der Waals surface area contributed by atoms with E-state index < -0.39 is 5.97 Å². The predicted molar refractivity (Wildman–Crippen MR) is 69.1 cm³/mol. The van der Waals surface area contributed by atoms with E-state index in [0.29, 0.717) is 13.2 Å². The molecule has 1 aliphatic heterocycles. The Balaban J connectivity index is 2.22. The van der Waals surface area contributed by atoms with Crippen LogP contribution < -0.4 is 0 Å². The molecule has 1 atom stereocenters. The van der Waals surface area contributed by atoms with Gasteiger partial charge in [-0.3, -0.25) is 0 Å². The number of carbonyl (C=O) groups is 2. The topological polar surface area (TPSA) is 66.8 Å². The number of hydrogen-bond acceptors (Lipinski definition) is 3. The third-order valence-electron chi connectivity index (χ3n) is 3.27. The molecule has 0 bridgehead atoms. The summed E-state index contributed by atoms with van der Waals surface area (Å²) in [6.45, 7) is 2.77. The fraction of sp³-hybridized carbons (Fsp3) is 0.429. The van der Waals surface area contributed by atoms with Crippen molar-refractivity contribution in [3.63, 3.8) is 0 Å². The average molecular weight is 263 g/mol. The molecule has 1 aromatic rings. The van der Waals surface area contributed by atoms with Gasteiger partial charge in [-0.2, -0.15) is 0 Å². The number of ether oxygens (including phenoxy) is 1. The number of likely N-dealkylation sites (tertiary alicyclic amines) is 1. The molecule has 1 heterocycles. The molecule has 0 aliphatic carbocycles. The standard InChI is InChI=1S/C14H17NO4/c1-2-19-14(18)15-8-4-7-12(15)10-5-3-6-11(9-10)13(16)17/h3,5-6,9,12H,2,4,7-8H2,1H3,(H,16,17). The van der Waals surface area contributed by atoms with Crippen LogP contribution in [0.25, 0.3) is 0 Å². The number of carbonyl (C=O) groups excluding carboxylic acids is 1. The summed E-state index contributed by atoms with van der Waals surface area (Å²) in [6, 6.07) is 6.66. The highest BCUT2D eigenvalue weighted by Crippen LogP contribution is 2.32. The molecular weight excluding hydrogens is 246 g/mol. The molecule has 5 nitrogen and oxygen atoms in total. The number of carboxylic acid groups (broad SMARTS) is 1. The van der Waals surface area contributed by atoms with E-state index in [1.54, 1.807) is 30.0 Å². The number of amides is 1. The van der Waals surface area contributed by atoms with Crippen molar-refractivity contribution in [3.8, 4) is 0 Å². The second kappa shape index (κ2) is 5.73. The Morgan fingerprint density at radius 1 is 1.47 bits per heavy atom. The van der Waals surface area contributed by atoms with Gasteiger partial charge in [0.15, 0.2) is 0 Å². The molecule has 1 saturated heterocycles. The van der Waals surface area contributed by atoms with Gasteiger partial charge >= 0.3 is 12.1 Å². The van der Waals surface area contributed by atoms with E-state index in [1.807, 2.05) is 6.07 Å². The number of hydrogen-bond donors (Lipinski definition) is 1. The van der Waals surface area contributed by atoms with Crippen molar-refractivity contribution in [3.05, 3.63) is 35.4 Å². The predicted octanol–water partition coefficient (Wildman–Crippen LogP) is 2.68. The van der Waals surface area contributed by atoms with Crippen molar-refractivity contribution in [2.45, 2.75) is 25.8 Å². The normalized spacial score (nSPS) is 18.4. The Labute approximate surface area is 111 Å². The third-order valence-corrected chi connectivity index (χ3v) is 3.27. The molecule has 1 amide bonds. The smallest absolute Gasteiger partial charge is 0.410 e. The minimum Gasteiger partial charge on any atom is -0.478 e. The van der Waals surface area contributed by atoms with Crippen molar-refractivity contribution >= 4 is 12.1 Å². The molecule has 19 heavy (non-hydrogen) atoms. The molecule has 1 unspecified atom stereocenters. The quantitative estimate of drug-likeness (QED) is 0.910. The zero-order valence-electron chi connectivity index (χ0n) is 10.8. The maximum absolute atomic E-state index is 11.8. The Morgan fingerprint density at radius 3 is 2.95 bits per heavy atom. The van der Waals surface area contributed by atoms with Crippen LogP contribution in [-0.2, 0) is 4.74 Å². The summed E-state index contributed by atoms with van der Waals surface area (Å²) in [6.07, 6.45) is 1.41. The average Bonchev–Trinajstić information content (AvgIpc) is 2.88. The second-order valence-corrected chi connectivity index (χ2v) is 4.48. The molecule has 102 valence electrons. The minimum atomic E-state index is -0.956. The van der Waals surface area contributed by atoms with E-state index in [0.717, 1.165) is 18.4 Å². The summed E-state index contributed by atoms with van der Waals surface area (Å²) in [4.78, 5) is 24.5. The first-order valence-corrected chi connectivity index (χ1v) is 6.40. The van der Waals surface area contributed by atoms with Crippen LogP contribution >= 0.6 is 0 Å². The molecule has 1 aliphatic rings. The number of aromatic carboxylic acids is 1. The van der Waals surface area contributed by atoms with Gasteiger partial charge < -0.3 is 14.7 Å². The third kappa shape index (κ3) is 2.86. The summed E-state index contributed by atoms with van der Waals surface area (Å²) in [5, 5.41) is 9.01. The molecule has 5 heteroatoms. The van der Waals surface area contributed by atoms with E-state index in [9.17, 15) is 9.59 Å². The van der Waals surface area contributed by atoms with E-state index >= 15 is 0 Å². The number of rotatable bonds is 3. The van der Waals surface area contributed by atoms with Crippen LogP contribution in [0.15, 0.2) is 24.3 Å². The van der Waals surface area contributed by atoms with Gasteiger partial charge in [-0.1, -0.05) is 12.1 Å². The zero-order chi connectivity index (χ0) is 13.8. The maximum atomic E-state index is 11.8. The second-order valence-electron chi connectivity index (χ2n) is 4.48. The fourth-order valence-electron chi connectivity index (χ4n) is 2.42. The Bertz CT molecular complexity index is 486. The monoisotopic (exact) mass is 263 g/mol. The lowest BCUT2D eigenvalue weighted by Crippen LogP contribution is -2.31. The van der Waals surface area contributed by atoms with Crippen LogP contribution in [0.2, 0.25) is 0 Å². The highest BCUT2D eigenvalue weighted by molar-refractivity contribution is 5.87. The van der Waals surface area contributed by atoms with Crippen LogP contribution in [0, 0.1) is 0 Å². The van der Waals surface area contributed by atoms with Crippen LogP contribution in [0.3, 0.4) is 0 Å². The van der Waals surface area contributed by atoms with Crippen molar-refractivity contribution < 1.29 is 19.4 Å². The molecule has 0 radical (unpaired) electrons. The van der Waals surface area contributed by atoms with Crippen LogP contribution in [0.1, 0.15) is 41.7 Å². The first kappa shape index (κ1) is 13.4. The zero-order valence-corrected chi connectivity index (χ0v) is 10.8. The largest absolute Gasteiger partial charge is 0.478 e. The Morgan fingerprint density at radius 2 is 2.26 bits per heavy atom. The van der Waals surface area contributed by atoms with Gasteiger partial charge in [0.1, 0.15) is 0 Å². The highest BCUT2D eigenvalue weighted by Gasteiger charge is 2.31. The van der Waals surface area contributed by atoms with Crippen molar-refractivity contribution in [2.75, 3.05) is 13.2 Å². The van der Waals surface area contributed by atoms with E-state index in [4.69, 9.17) is 9.84 Å². The highest BCUT2D eigenvalue weighted by atomic mass is 16.6. The molecular formula is C14H17NO4. The van der Waals surface area contributed by atoms with Gasteiger partial charge in [-0.25, -0.2) is 9.59 Å². The summed E-state index contributed by atoms with van der Waals surface area (Å²) in [5.41, 5.74) is 1.10. The number of carboxylic acids is 1. The lowest BCUT2D eigenvalue weighted by molar-refractivity contribution is 0.0696. The lowest BCUT2D eigenvalue weighted by atomic mass is 10.0. The van der Waals surface area contributed by atoms with Crippen molar-refractivity contribution in [1.82, 2.24) is 4.90 Å². The first-order chi connectivity index (χ1) is 9.13. The summed E-state index contributed by atoms with van der Waals surface area (Å²) >= 11 is 0. The van der Waals surface area contributed by atoms with E-state index in [2.05, 4.69) is 0 Å². The first-order valence-electron chi connectivity index (χ1n) is 6.40. The number of nitrogens with zero attached hydrogens (tertiary/aromatic N) is 1. The van der Waals surface area contributed by atoms with Gasteiger partial charge in [0.2, 0.25) is 0 Å². The summed E-state index contributed by atoms with van der Waals surface area (Å²) < 4.78 is 5.03. The number of benzene rings is 1. The fourth-order valence-corrected chi connectivity index (χ4v) is 2.42. The molecule has 1 aromatic carbocycles. The molecule has 0 spiro atoms. The van der Waals surface area contributed by atoms with Gasteiger partial charge in [-0.15, -0.1) is 0 Å². The molecule has 2 rings (SSSR count). The molecule has 1 fully saturated rings. The molecule has 1 N–H and O–H groups in total. The Hall–Kier alpha value is -2.04. The van der Waals surface area contributed by atoms with E-state index in [1.165, 1.54) is 0 Å². The van der Waals surface area contributed by atoms with Crippen LogP contribution in [-0.4, -0.2) is 35.2 Å². The van der Waals surface area contributed by atoms with Crippen LogP contribution in [0.4, 0.5) is 4.79 Å². The summed E-state index contributed by atoms with van der Waals surface area (Å²) in [5.74, 6) is -0.956. The van der Waals surface area contributed by atoms with Crippen molar-refractivity contribution in [1.29, 1.82) is 0 Å². The van der Waals surface area contributed by atoms with Gasteiger partial charge in [0.25, 0.3) is 0 Å². The van der Waals surface area contributed by atoms with Gasteiger partial charge in [0.05, 0.1) is 18.2 Å². The van der Waals surface area contributed by atoms with E-state index in [-0.39, 0.29) is 17.7 Å². The molecule has 0 aromatic heterocycles. The SMILES string of the molecule is CCOC(=O)N1CCCC1c1cccc(C(=O)O)c1. The maximum Gasteiger partial charge on any atom is 0.410 e. The van der Waals surface area contributed by atoms with Crippen LogP contribution in [0.5, 0.6) is 0 Å². The van der Waals surface area contributed by atoms with Crippen molar-refractivity contribution in [2.24, 2.45) is 0 Å². The minimum absolute atomic E-state index is 0.0849.